The molecule has 0 N–H and O–H groups in total. The fraction of sp³-hybridized carbons (Fsp3) is 0.409. The van der Waals surface area contributed by atoms with Gasteiger partial charge in [-0.15, -0.1) is 0 Å². The van der Waals surface area contributed by atoms with Crippen LogP contribution < -0.4 is 0 Å². The number of hydrogen-bond acceptors (Lipinski definition) is 3. The molecule has 1 aliphatic rings. The van der Waals surface area contributed by atoms with Gasteiger partial charge < -0.3 is 4.90 Å². The van der Waals surface area contributed by atoms with E-state index < -0.39 is 10.0 Å². The molecule has 2 aromatic rings. The summed E-state index contributed by atoms with van der Waals surface area (Å²) in [5.41, 5.74) is 1.04. The topological polar surface area (TPSA) is 57.7 Å². The van der Waals surface area contributed by atoms with E-state index in [0.717, 1.165) is 22.9 Å². The Kier molecular flexibility index (Phi) is 7.49. The highest BCUT2D eigenvalue weighted by Crippen LogP contribution is 2.21. The number of amides is 1. The average molecular weight is 479 g/mol. The van der Waals surface area contributed by atoms with E-state index in [1.165, 1.54) is 4.31 Å². The van der Waals surface area contributed by atoms with Gasteiger partial charge in [-0.3, -0.25) is 4.79 Å². The minimum atomic E-state index is -3.77. The molecule has 1 aliphatic heterocycles. The van der Waals surface area contributed by atoms with Gasteiger partial charge in [0.15, 0.2) is 0 Å². The normalized spacial score (nSPS) is 15.6. The number of rotatable bonds is 7. The summed E-state index contributed by atoms with van der Waals surface area (Å²) in [5.74, 6) is 0.491. The molecule has 0 unspecified atom stereocenters. The highest BCUT2D eigenvalue weighted by molar-refractivity contribution is 9.10. The van der Waals surface area contributed by atoms with Crippen molar-refractivity contribution in [1.82, 2.24) is 9.21 Å². The van der Waals surface area contributed by atoms with Crippen LogP contribution in [0.3, 0.4) is 0 Å². The molecule has 0 aliphatic carbocycles. The smallest absolute Gasteiger partial charge is 0.243 e. The molecule has 0 saturated carbocycles. The predicted octanol–water partition coefficient (Wildman–Crippen LogP) is 3.94. The Balaban J connectivity index is 1.78. The summed E-state index contributed by atoms with van der Waals surface area (Å²) in [7, 11) is -3.77. The average Bonchev–Trinajstić information content (AvgIpc) is 2.72. The van der Waals surface area contributed by atoms with E-state index in [-0.39, 0.29) is 23.9 Å². The van der Waals surface area contributed by atoms with Crippen molar-refractivity contribution in [3.05, 3.63) is 64.6 Å². The van der Waals surface area contributed by atoms with Crippen molar-refractivity contribution in [2.45, 2.75) is 31.1 Å². The van der Waals surface area contributed by atoms with E-state index >= 15 is 0 Å². The molecule has 29 heavy (non-hydrogen) atoms. The van der Waals surface area contributed by atoms with Gasteiger partial charge >= 0.3 is 0 Å². The molecule has 3 rings (SSSR count). The SMILES string of the molecule is CC1CCN(C(=O)CN(CCc2ccccc2)S(=O)(=O)c2ccc(Br)cc2)CC1. The Hall–Kier alpha value is -1.70. The molecule has 2 aromatic carbocycles. The summed E-state index contributed by atoms with van der Waals surface area (Å²) in [4.78, 5) is 14.9. The molecular formula is C22H27BrN2O3S. The fourth-order valence-corrected chi connectivity index (χ4v) is 5.10. The second kappa shape index (κ2) is 9.87. The molecule has 1 heterocycles. The molecule has 1 saturated heterocycles. The van der Waals surface area contributed by atoms with Crippen LogP contribution >= 0.6 is 15.9 Å². The lowest BCUT2D eigenvalue weighted by Crippen LogP contribution is -2.46. The van der Waals surface area contributed by atoms with Crippen molar-refractivity contribution in [2.75, 3.05) is 26.2 Å². The van der Waals surface area contributed by atoms with E-state index in [1.807, 2.05) is 30.3 Å². The monoisotopic (exact) mass is 478 g/mol. The summed E-state index contributed by atoms with van der Waals surface area (Å²) < 4.78 is 28.7. The number of piperidine rings is 1. The third-order valence-electron chi connectivity index (χ3n) is 5.39. The quantitative estimate of drug-likeness (QED) is 0.605. The molecule has 0 bridgehead atoms. The molecular weight excluding hydrogens is 452 g/mol. The molecule has 1 amide bonds. The van der Waals surface area contributed by atoms with E-state index in [9.17, 15) is 13.2 Å². The van der Waals surface area contributed by atoms with Gasteiger partial charge in [-0.1, -0.05) is 53.2 Å². The van der Waals surface area contributed by atoms with Crippen molar-refractivity contribution >= 4 is 31.9 Å². The Bertz CT molecular complexity index is 909. The van der Waals surface area contributed by atoms with Crippen LogP contribution in [0.1, 0.15) is 25.3 Å². The number of hydrogen-bond donors (Lipinski definition) is 0. The minimum Gasteiger partial charge on any atom is -0.342 e. The van der Waals surface area contributed by atoms with Crippen LogP contribution in [-0.4, -0.2) is 49.7 Å². The first-order chi connectivity index (χ1) is 13.9. The lowest BCUT2D eigenvalue weighted by Gasteiger charge is -2.32. The van der Waals surface area contributed by atoms with Crippen LogP contribution in [0.2, 0.25) is 0 Å². The van der Waals surface area contributed by atoms with Crippen LogP contribution in [0, 0.1) is 5.92 Å². The maximum Gasteiger partial charge on any atom is 0.243 e. The molecule has 0 atom stereocenters. The summed E-state index contributed by atoms with van der Waals surface area (Å²) in [6.45, 7) is 3.72. The number of sulfonamides is 1. The third kappa shape index (κ3) is 5.90. The molecule has 1 fully saturated rings. The van der Waals surface area contributed by atoms with E-state index in [4.69, 9.17) is 0 Å². The molecule has 5 nitrogen and oxygen atoms in total. The number of nitrogens with zero attached hydrogens (tertiary/aromatic N) is 2. The lowest BCUT2D eigenvalue weighted by atomic mass is 9.99. The first-order valence-electron chi connectivity index (χ1n) is 9.93. The number of likely N-dealkylation sites (tertiary alicyclic amines) is 1. The Morgan fingerprint density at radius 2 is 1.69 bits per heavy atom. The predicted molar refractivity (Wildman–Crippen MR) is 118 cm³/mol. The van der Waals surface area contributed by atoms with Crippen molar-refractivity contribution in [3.8, 4) is 0 Å². The van der Waals surface area contributed by atoms with Gasteiger partial charge in [-0.25, -0.2) is 8.42 Å². The Labute approximate surface area is 181 Å². The molecule has 0 radical (unpaired) electrons. The first-order valence-corrected chi connectivity index (χ1v) is 12.2. The van der Waals surface area contributed by atoms with Crippen LogP contribution in [-0.2, 0) is 21.2 Å². The van der Waals surface area contributed by atoms with Gasteiger partial charge in [-0.2, -0.15) is 4.31 Å². The Morgan fingerprint density at radius 1 is 1.07 bits per heavy atom. The molecule has 0 aromatic heterocycles. The summed E-state index contributed by atoms with van der Waals surface area (Å²) in [6, 6.07) is 16.3. The zero-order valence-electron chi connectivity index (χ0n) is 16.6. The van der Waals surface area contributed by atoms with Crippen molar-refractivity contribution < 1.29 is 13.2 Å². The number of halogens is 1. The van der Waals surface area contributed by atoms with Crippen molar-refractivity contribution in [1.29, 1.82) is 0 Å². The zero-order chi connectivity index (χ0) is 20.9. The van der Waals surface area contributed by atoms with Crippen LogP contribution in [0.25, 0.3) is 0 Å². The lowest BCUT2D eigenvalue weighted by molar-refractivity contribution is -0.132. The van der Waals surface area contributed by atoms with E-state index in [1.54, 1.807) is 29.2 Å². The van der Waals surface area contributed by atoms with Gasteiger partial charge in [-0.05, 0) is 55.0 Å². The van der Waals surface area contributed by atoms with Crippen LogP contribution in [0.15, 0.2) is 64.0 Å². The third-order valence-corrected chi connectivity index (χ3v) is 7.78. The Morgan fingerprint density at radius 3 is 2.31 bits per heavy atom. The highest BCUT2D eigenvalue weighted by Gasteiger charge is 2.29. The highest BCUT2D eigenvalue weighted by atomic mass is 79.9. The van der Waals surface area contributed by atoms with Gasteiger partial charge in [0.25, 0.3) is 0 Å². The van der Waals surface area contributed by atoms with Crippen molar-refractivity contribution in [3.63, 3.8) is 0 Å². The fourth-order valence-electron chi connectivity index (χ4n) is 3.45. The van der Waals surface area contributed by atoms with Gasteiger partial charge in [0.2, 0.25) is 15.9 Å². The minimum absolute atomic E-state index is 0.120. The summed E-state index contributed by atoms with van der Waals surface area (Å²) in [5, 5.41) is 0. The molecule has 156 valence electrons. The summed E-state index contributed by atoms with van der Waals surface area (Å²) >= 11 is 3.34. The first kappa shape index (κ1) is 22.0. The molecule has 0 spiro atoms. The number of benzene rings is 2. The van der Waals surface area contributed by atoms with Crippen molar-refractivity contribution in [2.24, 2.45) is 5.92 Å². The summed E-state index contributed by atoms with van der Waals surface area (Å²) in [6.07, 6.45) is 2.49. The van der Waals surface area contributed by atoms with Gasteiger partial charge in [0.05, 0.1) is 11.4 Å². The van der Waals surface area contributed by atoms with E-state index in [2.05, 4.69) is 22.9 Å². The van der Waals surface area contributed by atoms with Crippen LogP contribution in [0.5, 0.6) is 0 Å². The number of carbonyl (C=O) groups is 1. The zero-order valence-corrected chi connectivity index (χ0v) is 19.0. The van der Waals surface area contributed by atoms with Crippen LogP contribution in [0.4, 0.5) is 0 Å². The second-order valence-electron chi connectivity index (χ2n) is 7.59. The van der Waals surface area contributed by atoms with Gasteiger partial charge in [0.1, 0.15) is 0 Å². The maximum atomic E-state index is 13.3. The largest absolute Gasteiger partial charge is 0.342 e. The molecule has 7 heteroatoms. The maximum absolute atomic E-state index is 13.3. The second-order valence-corrected chi connectivity index (χ2v) is 10.4. The standard InChI is InChI=1S/C22H27BrN2O3S/c1-18-11-14-24(15-12-18)22(26)17-25(16-13-19-5-3-2-4-6-19)29(27,28)21-9-7-20(23)8-10-21/h2-10,18H,11-17H2,1H3. The number of carbonyl (C=O) groups excluding carboxylic acids is 1. The van der Waals surface area contributed by atoms with E-state index in [0.29, 0.717) is 25.4 Å². The van der Waals surface area contributed by atoms with Gasteiger partial charge in [0, 0.05) is 24.1 Å².